The molecular formula is C17H20OS. The molecule has 2 unspecified atom stereocenters. The van der Waals surface area contributed by atoms with Crippen LogP contribution in [0.15, 0.2) is 34.7 Å². The van der Waals surface area contributed by atoms with E-state index < -0.39 is 0 Å². The molecule has 0 heterocycles. The number of hydrogen-bond acceptors (Lipinski definition) is 2. The lowest BCUT2D eigenvalue weighted by Gasteiger charge is -2.31. The number of hydrogen-bond donors (Lipinski definition) is 1. The van der Waals surface area contributed by atoms with E-state index in [0.29, 0.717) is 11.7 Å². The van der Waals surface area contributed by atoms with Crippen LogP contribution >= 0.6 is 12.6 Å². The number of Topliss-reactive ketones (excluding diaryl/α,β-unsaturated/α-hetero) is 1. The van der Waals surface area contributed by atoms with E-state index in [-0.39, 0.29) is 10.8 Å². The minimum Gasteiger partial charge on any atom is -0.294 e. The summed E-state index contributed by atoms with van der Waals surface area (Å²) in [4.78, 5) is 13.6. The minimum absolute atomic E-state index is 0.0918. The van der Waals surface area contributed by atoms with Gasteiger partial charge in [0.15, 0.2) is 5.78 Å². The van der Waals surface area contributed by atoms with Crippen molar-refractivity contribution in [2.75, 3.05) is 0 Å². The van der Waals surface area contributed by atoms with Crippen molar-refractivity contribution in [1.82, 2.24) is 0 Å². The van der Waals surface area contributed by atoms with Gasteiger partial charge in [0, 0.05) is 10.3 Å². The summed E-state index contributed by atoms with van der Waals surface area (Å²) in [5.74, 6) is 0.770. The van der Waals surface area contributed by atoms with E-state index in [1.54, 1.807) is 0 Å². The Morgan fingerprint density at radius 3 is 2.63 bits per heavy atom. The summed E-state index contributed by atoms with van der Waals surface area (Å²) in [6.07, 6.45) is 4.26. The van der Waals surface area contributed by atoms with Crippen LogP contribution in [0.25, 0.3) is 6.08 Å². The predicted octanol–water partition coefficient (Wildman–Crippen LogP) is 4.38. The molecule has 2 aliphatic carbocycles. The molecule has 0 saturated heterocycles. The SMILES string of the molecule is CC12CCC(/C(=C\c3cccc(S)c3)C1=O)C2(C)C. The number of ketones is 1. The van der Waals surface area contributed by atoms with Gasteiger partial charge < -0.3 is 0 Å². The number of thiol groups is 1. The molecule has 2 fully saturated rings. The molecule has 0 radical (unpaired) electrons. The van der Waals surface area contributed by atoms with Crippen LogP contribution in [0.3, 0.4) is 0 Å². The molecule has 2 heteroatoms. The van der Waals surface area contributed by atoms with Gasteiger partial charge >= 0.3 is 0 Å². The fraction of sp³-hybridized carbons (Fsp3) is 0.471. The quantitative estimate of drug-likeness (QED) is 0.593. The number of carbonyl (C=O) groups is 1. The van der Waals surface area contributed by atoms with Gasteiger partial charge in [0.25, 0.3) is 0 Å². The molecule has 0 spiro atoms. The van der Waals surface area contributed by atoms with Crippen LogP contribution in [0.2, 0.25) is 0 Å². The van der Waals surface area contributed by atoms with Crippen molar-refractivity contribution in [2.24, 2.45) is 16.7 Å². The second-order valence-electron chi connectivity index (χ2n) is 6.67. The molecule has 2 saturated carbocycles. The molecule has 1 aromatic rings. The van der Waals surface area contributed by atoms with Crippen molar-refractivity contribution in [3.63, 3.8) is 0 Å². The van der Waals surface area contributed by atoms with E-state index in [1.165, 1.54) is 0 Å². The number of carbonyl (C=O) groups excluding carboxylic acids is 1. The molecule has 1 aromatic carbocycles. The zero-order valence-electron chi connectivity index (χ0n) is 11.7. The van der Waals surface area contributed by atoms with Crippen LogP contribution < -0.4 is 0 Å². The van der Waals surface area contributed by atoms with E-state index >= 15 is 0 Å². The Balaban J connectivity index is 2.06. The first-order chi connectivity index (χ1) is 8.86. The summed E-state index contributed by atoms with van der Waals surface area (Å²) < 4.78 is 0. The van der Waals surface area contributed by atoms with Gasteiger partial charge in [-0.1, -0.05) is 32.9 Å². The summed E-state index contributed by atoms with van der Waals surface area (Å²) in [5.41, 5.74) is 2.04. The minimum atomic E-state index is -0.165. The van der Waals surface area contributed by atoms with E-state index in [2.05, 4.69) is 39.5 Å². The lowest BCUT2D eigenvalue weighted by Crippen LogP contribution is -2.32. The Hall–Kier alpha value is -1.02. The third-order valence-corrected chi connectivity index (χ3v) is 5.84. The highest BCUT2D eigenvalue weighted by Crippen LogP contribution is 2.65. The Morgan fingerprint density at radius 1 is 1.32 bits per heavy atom. The number of benzene rings is 1. The third-order valence-electron chi connectivity index (χ3n) is 5.56. The number of fused-ring (bicyclic) bond motifs is 2. The molecule has 0 N–H and O–H groups in total. The van der Waals surface area contributed by atoms with Gasteiger partial charge in [-0.25, -0.2) is 0 Å². The lowest BCUT2D eigenvalue weighted by molar-refractivity contribution is -0.125. The Morgan fingerprint density at radius 2 is 2.05 bits per heavy atom. The van der Waals surface area contributed by atoms with Gasteiger partial charge in [0.2, 0.25) is 0 Å². The average Bonchev–Trinajstić information content (AvgIpc) is 2.64. The van der Waals surface area contributed by atoms with Crippen molar-refractivity contribution in [3.05, 3.63) is 35.4 Å². The molecule has 1 nitrogen and oxygen atoms in total. The van der Waals surface area contributed by atoms with Crippen LogP contribution in [0.1, 0.15) is 39.2 Å². The summed E-state index contributed by atoms with van der Waals surface area (Å²) in [5, 5.41) is 0. The van der Waals surface area contributed by atoms with Crippen molar-refractivity contribution >= 4 is 24.5 Å². The van der Waals surface area contributed by atoms with Gasteiger partial charge in [-0.05, 0) is 53.5 Å². The zero-order chi connectivity index (χ0) is 13.8. The largest absolute Gasteiger partial charge is 0.294 e. The molecule has 3 rings (SSSR count). The molecule has 0 aliphatic heterocycles. The van der Waals surface area contributed by atoms with Crippen molar-refractivity contribution in [3.8, 4) is 0 Å². The normalized spacial score (nSPS) is 34.2. The first-order valence-electron chi connectivity index (χ1n) is 6.92. The lowest BCUT2D eigenvalue weighted by atomic mass is 9.70. The second kappa shape index (κ2) is 3.99. The van der Waals surface area contributed by atoms with Crippen LogP contribution in [-0.4, -0.2) is 5.78 Å². The Bertz CT molecular complexity index is 585. The fourth-order valence-electron chi connectivity index (χ4n) is 3.89. The molecule has 19 heavy (non-hydrogen) atoms. The van der Waals surface area contributed by atoms with E-state index in [1.807, 2.05) is 24.3 Å². The van der Waals surface area contributed by atoms with Crippen LogP contribution in [0.5, 0.6) is 0 Å². The van der Waals surface area contributed by atoms with Gasteiger partial charge in [-0.2, -0.15) is 0 Å². The first kappa shape index (κ1) is 13.0. The van der Waals surface area contributed by atoms with Crippen molar-refractivity contribution < 1.29 is 4.79 Å². The van der Waals surface area contributed by atoms with E-state index in [0.717, 1.165) is 28.9 Å². The molecule has 0 aromatic heterocycles. The Kier molecular flexibility index (Phi) is 2.72. The molecule has 2 atom stereocenters. The highest BCUT2D eigenvalue weighted by Gasteiger charge is 2.63. The summed E-state index contributed by atoms with van der Waals surface area (Å²) in [6, 6.07) is 8.00. The molecule has 0 amide bonds. The number of allylic oxidation sites excluding steroid dienone is 1. The summed E-state index contributed by atoms with van der Waals surface area (Å²) in [6.45, 7) is 6.64. The van der Waals surface area contributed by atoms with Crippen molar-refractivity contribution in [2.45, 2.75) is 38.5 Å². The van der Waals surface area contributed by atoms with E-state index in [9.17, 15) is 4.79 Å². The second-order valence-corrected chi connectivity index (χ2v) is 7.19. The summed E-state index contributed by atoms with van der Waals surface area (Å²) >= 11 is 4.36. The fourth-order valence-corrected chi connectivity index (χ4v) is 4.12. The maximum Gasteiger partial charge on any atom is 0.165 e. The van der Waals surface area contributed by atoms with Crippen LogP contribution in [-0.2, 0) is 4.79 Å². The molecule has 2 aliphatic rings. The maximum atomic E-state index is 12.7. The monoisotopic (exact) mass is 272 g/mol. The van der Waals surface area contributed by atoms with Gasteiger partial charge in [-0.3, -0.25) is 4.79 Å². The van der Waals surface area contributed by atoms with E-state index in [4.69, 9.17) is 0 Å². The average molecular weight is 272 g/mol. The van der Waals surface area contributed by atoms with Gasteiger partial charge in [0.05, 0.1) is 0 Å². The molecule has 2 bridgehead atoms. The van der Waals surface area contributed by atoms with Gasteiger partial charge in [0.1, 0.15) is 0 Å². The topological polar surface area (TPSA) is 17.1 Å². The van der Waals surface area contributed by atoms with Crippen LogP contribution in [0.4, 0.5) is 0 Å². The highest BCUT2D eigenvalue weighted by molar-refractivity contribution is 7.80. The maximum absolute atomic E-state index is 12.7. The van der Waals surface area contributed by atoms with Crippen LogP contribution in [0, 0.1) is 16.7 Å². The van der Waals surface area contributed by atoms with Gasteiger partial charge in [-0.15, -0.1) is 12.6 Å². The molecular weight excluding hydrogens is 252 g/mol. The Labute approximate surface area is 120 Å². The third kappa shape index (κ3) is 1.66. The smallest absolute Gasteiger partial charge is 0.165 e. The summed E-state index contributed by atoms with van der Waals surface area (Å²) in [7, 11) is 0. The number of rotatable bonds is 1. The first-order valence-corrected chi connectivity index (χ1v) is 7.36. The molecule has 100 valence electrons. The van der Waals surface area contributed by atoms with Crippen molar-refractivity contribution in [1.29, 1.82) is 0 Å². The zero-order valence-corrected chi connectivity index (χ0v) is 12.6. The highest BCUT2D eigenvalue weighted by atomic mass is 32.1. The standard InChI is InChI=1S/C17H20OS/c1-16(2)14-7-8-17(16,3)15(18)13(14)10-11-5-4-6-12(19)9-11/h4-6,9-10,14,19H,7-8H2,1-3H3/b13-10+. The predicted molar refractivity (Wildman–Crippen MR) is 81.3 cm³/mol.